The number of para-hydroxylation sites is 1. The fraction of sp³-hybridized carbons (Fsp3) is 0.286. The topological polar surface area (TPSA) is 62.3 Å². The first-order valence-corrected chi connectivity index (χ1v) is 9.85. The molecule has 138 valence electrons. The number of amides is 3. The largest absolute Gasteiger partial charge is 0.325 e. The molecule has 0 unspecified atom stereocenters. The van der Waals surface area contributed by atoms with Gasteiger partial charge in [-0.1, -0.05) is 56.3 Å². The van der Waals surface area contributed by atoms with Crippen molar-refractivity contribution in [2.24, 2.45) is 5.92 Å². The van der Waals surface area contributed by atoms with E-state index in [1.807, 2.05) is 54.6 Å². The lowest BCUT2D eigenvalue weighted by molar-refractivity contribution is -0.132. The molecule has 0 radical (unpaired) electrons. The van der Waals surface area contributed by atoms with Crippen LogP contribution in [0.15, 0.2) is 54.6 Å². The molecule has 1 aliphatic rings. The predicted octanol–water partition coefficient (Wildman–Crippen LogP) is 4.29. The molecule has 0 aliphatic carbocycles. The van der Waals surface area contributed by atoms with Gasteiger partial charge < -0.3 is 5.32 Å². The fourth-order valence-corrected chi connectivity index (χ4v) is 4.64. The number of carbonyl (C=O) groups is 2. The molecule has 3 amide bonds. The smallest absolute Gasteiger partial charge is 0.319 e. The second-order valence-corrected chi connectivity index (χ2v) is 8.38. The summed E-state index contributed by atoms with van der Waals surface area (Å²) in [4.78, 5) is 32.0. The third-order valence-electron chi connectivity index (χ3n) is 4.79. The summed E-state index contributed by atoms with van der Waals surface area (Å²) in [6.07, 6.45) is 0.554. The number of rotatable bonds is 5. The van der Waals surface area contributed by atoms with Crippen LogP contribution in [0, 0.1) is 5.92 Å². The highest BCUT2D eigenvalue weighted by Crippen LogP contribution is 2.36. The van der Waals surface area contributed by atoms with Crippen LogP contribution in [-0.2, 0) is 16.9 Å². The van der Waals surface area contributed by atoms with Crippen molar-refractivity contribution in [3.63, 3.8) is 0 Å². The molecule has 1 aromatic heterocycles. The van der Waals surface area contributed by atoms with Crippen molar-refractivity contribution in [1.29, 1.82) is 0 Å². The number of imide groups is 1. The SMILES string of the molecule is CC(C)C[C@@]1(c2ccccc2)NC(=O)N(Cc2nc3ccccc3s2)C1=O. The zero-order valence-corrected chi connectivity index (χ0v) is 16.1. The second-order valence-electron chi connectivity index (χ2n) is 7.27. The second kappa shape index (κ2) is 6.78. The third-order valence-corrected chi connectivity index (χ3v) is 5.81. The highest BCUT2D eigenvalue weighted by atomic mass is 32.1. The van der Waals surface area contributed by atoms with Crippen molar-refractivity contribution in [3.8, 4) is 0 Å². The Morgan fingerprint density at radius 3 is 2.48 bits per heavy atom. The van der Waals surface area contributed by atoms with Gasteiger partial charge in [0, 0.05) is 0 Å². The lowest BCUT2D eigenvalue weighted by atomic mass is 9.82. The van der Waals surface area contributed by atoms with Crippen molar-refractivity contribution in [2.45, 2.75) is 32.4 Å². The van der Waals surface area contributed by atoms with Crippen LogP contribution in [0.3, 0.4) is 0 Å². The Bertz CT molecular complexity index is 966. The quantitative estimate of drug-likeness (QED) is 0.673. The number of carbonyl (C=O) groups excluding carboxylic acids is 2. The van der Waals surface area contributed by atoms with Crippen LogP contribution in [0.1, 0.15) is 30.8 Å². The molecular formula is C21H21N3O2S. The van der Waals surface area contributed by atoms with E-state index in [2.05, 4.69) is 24.1 Å². The van der Waals surface area contributed by atoms with Gasteiger partial charge in [0.2, 0.25) is 0 Å². The average molecular weight is 379 g/mol. The molecule has 4 rings (SSSR count). The molecule has 1 aliphatic heterocycles. The molecule has 3 aromatic rings. The fourth-order valence-electron chi connectivity index (χ4n) is 3.68. The van der Waals surface area contributed by atoms with Crippen molar-refractivity contribution in [3.05, 3.63) is 65.2 Å². The standard InChI is InChI=1S/C21H21N3O2S/c1-14(2)12-21(15-8-4-3-5-9-15)19(25)24(20(26)23-21)13-18-22-16-10-6-7-11-17(16)27-18/h3-11,14H,12-13H2,1-2H3,(H,23,26)/t21-/m0/s1. The summed E-state index contributed by atoms with van der Waals surface area (Å²) in [6.45, 7) is 4.30. The van der Waals surface area contributed by atoms with Crippen LogP contribution < -0.4 is 5.32 Å². The van der Waals surface area contributed by atoms with Gasteiger partial charge in [0.15, 0.2) is 0 Å². The maximum atomic E-state index is 13.4. The van der Waals surface area contributed by atoms with Gasteiger partial charge >= 0.3 is 6.03 Å². The molecule has 1 atom stereocenters. The molecule has 1 fully saturated rings. The van der Waals surface area contributed by atoms with Gasteiger partial charge in [-0.2, -0.15) is 0 Å². The molecule has 0 spiro atoms. The van der Waals surface area contributed by atoms with E-state index in [4.69, 9.17) is 0 Å². The summed E-state index contributed by atoms with van der Waals surface area (Å²) in [6, 6.07) is 17.0. The maximum absolute atomic E-state index is 13.4. The Morgan fingerprint density at radius 2 is 1.78 bits per heavy atom. The molecule has 27 heavy (non-hydrogen) atoms. The van der Waals surface area contributed by atoms with Crippen molar-refractivity contribution >= 4 is 33.5 Å². The first-order valence-electron chi connectivity index (χ1n) is 9.04. The molecular weight excluding hydrogens is 358 g/mol. The van der Waals surface area contributed by atoms with Crippen LogP contribution >= 0.6 is 11.3 Å². The van der Waals surface area contributed by atoms with E-state index < -0.39 is 5.54 Å². The summed E-state index contributed by atoms with van der Waals surface area (Å²) in [5.74, 6) is 0.0449. The first kappa shape index (κ1) is 17.7. The minimum atomic E-state index is -1.01. The summed E-state index contributed by atoms with van der Waals surface area (Å²) in [5, 5.41) is 3.74. The minimum absolute atomic E-state index is 0.191. The van der Waals surface area contributed by atoms with Gasteiger partial charge in [-0.25, -0.2) is 9.78 Å². The highest BCUT2D eigenvalue weighted by Gasteiger charge is 2.52. The van der Waals surface area contributed by atoms with E-state index in [0.717, 1.165) is 20.8 Å². The van der Waals surface area contributed by atoms with Gasteiger partial charge in [0.05, 0.1) is 16.8 Å². The van der Waals surface area contributed by atoms with E-state index in [-0.39, 0.29) is 24.4 Å². The number of thiazole rings is 1. The molecule has 0 saturated carbocycles. The van der Waals surface area contributed by atoms with Crippen molar-refractivity contribution < 1.29 is 9.59 Å². The normalized spacial score (nSPS) is 19.9. The van der Waals surface area contributed by atoms with E-state index in [9.17, 15) is 9.59 Å². The third kappa shape index (κ3) is 3.10. The number of nitrogens with one attached hydrogen (secondary N) is 1. The summed E-state index contributed by atoms with van der Waals surface area (Å²) in [5.41, 5.74) is 0.702. The average Bonchev–Trinajstić information content (AvgIpc) is 3.16. The number of hydrogen-bond donors (Lipinski definition) is 1. The van der Waals surface area contributed by atoms with Crippen LogP contribution in [-0.4, -0.2) is 21.8 Å². The Hall–Kier alpha value is -2.73. The zero-order chi connectivity index (χ0) is 19.0. The molecule has 1 N–H and O–H groups in total. The van der Waals surface area contributed by atoms with Gasteiger partial charge in [0.25, 0.3) is 5.91 Å². The van der Waals surface area contributed by atoms with Gasteiger partial charge in [0.1, 0.15) is 10.5 Å². The van der Waals surface area contributed by atoms with Crippen molar-refractivity contribution in [2.75, 3.05) is 0 Å². The molecule has 0 bridgehead atoms. The molecule has 2 heterocycles. The zero-order valence-electron chi connectivity index (χ0n) is 15.3. The Balaban J connectivity index is 1.68. The van der Waals surface area contributed by atoms with E-state index in [1.54, 1.807) is 0 Å². The number of aromatic nitrogens is 1. The van der Waals surface area contributed by atoms with Crippen LogP contribution in [0.2, 0.25) is 0 Å². The van der Waals surface area contributed by atoms with Crippen molar-refractivity contribution in [1.82, 2.24) is 15.2 Å². The highest BCUT2D eigenvalue weighted by molar-refractivity contribution is 7.18. The lowest BCUT2D eigenvalue weighted by Gasteiger charge is -2.29. The summed E-state index contributed by atoms with van der Waals surface area (Å²) >= 11 is 1.51. The molecule has 1 saturated heterocycles. The predicted molar refractivity (Wildman–Crippen MR) is 106 cm³/mol. The first-order chi connectivity index (χ1) is 13.0. The Kier molecular flexibility index (Phi) is 4.44. The van der Waals surface area contributed by atoms with Crippen LogP contribution in [0.4, 0.5) is 4.79 Å². The monoisotopic (exact) mass is 379 g/mol. The number of hydrogen-bond acceptors (Lipinski definition) is 4. The Morgan fingerprint density at radius 1 is 1.07 bits per heavy atom. The molecule has 5 nitrogen and oxygen atoms in total. The summed E-state index contributed by atoms with van der Waals surface area (Å²) < 4.78 is 1.05. The maximum Gasteiger partial charge on any atom is 0.325 e. The molecule has 2 aromatic carbocycles. The summed E-state index contributed by atoms with van der Waals surface area (Å²) in [7, 11) is 0. The van der Waals surface area contributed by atoms with E-state index in [0.29, 0.717) is 6.42 Å². The van der Waals surface area contributed by atoms with Crippen LogP contribution in [0.25, 0.3) is 10.2 Å². The number of fused-ring (bicyclic) bond motifs is 1. The number of benzene rings is 2. The van der Waals surface area contributed by atoms with Gasteiger partial charge in [-0.15, -0.1) is 11.3 Å². The van der Waals surface area contributed by atoms with E-state index >= 15 is 0 Å². The van der Waals surface area contributed by atoms with Crippen LogP contribution in [0.5, 0.6) is 0 Å². The van der Waals surface area contributed by atoms with Gasteiger partial charge in [-0.3, -0.25) is 9.69 Å². The number of urea groups is 1. The molecule has 6 heteroatoms. The lowest BCUT2D eigenvalue weighted by Crippen LogP contribution is -2.45. The van der Waals surface area contributed by atoms with E-state index in [1.165, 1.54) is 16.2 Å². The number of nitrogens with zero attached hydrogens (tertiary/aromatic N) is 2. The van der Waals surface area contributed by atoms with Gasteiger partial charge in [-0.05, 0) is 30.0 Å². The minimum Gasteiger partial charge on any atom is -0.319 e. The Labute approximate surface area is 162 Å².